The molecule has 1 aliphatic rings. The molecule has 1 aromatic carbocycles. The van der Waals surface area contributed by atoms with Crippen LogP contribution in [0.5, 0.6) is 0 Å². The van der Waals surface area contributed by atoms with E-state index >= 15 is 0 Å². The first kappa shape index (κ1) is 17.5. The van der Waals surface area contributed by atoms with Gasteiger partial charge in [0.25, 0.3) is 0 Å². The van der Waals surface area contributed by atoms with Crippen molar-refractivity contribution >= 4 is 21.8 Å². The Hall–Kier alpha value is -1.86. The minimum Gasteiger partial charge on any atom is -0.445 e. The summed E-state index contributed by atoms with van der Waals surface area (Å²) in [4.78, 5) is 11.6. The molecule has 0 bridgehead atoms. The Morgan fingerprint density at radius 3 is 2.48 bits per heavy atom. The van der Waals surface area contributed by atoms with Crippen LogP contribution in [0.15, 0.2) is 41.8 Å². The second-order valence-electron chi connectivity index (χ2n) is 5.49. The molecular weight excluding hydrogens is 316 g/mol. The van der Waals surface area contributed by atoms with Gasteiger partial charge in [0.1, 0.15) is 6.61 Å². The molecule has 0 radical (unpaired) electrons. The van der Waals surface area contributed by atoms with Crippen molar-refractivity contribution in [2.75, 3.05) is 11.9 Å². The van der Waals surface area contributed by atoms with Crippen LogP contribution in [-0.4, -0.2) is 27.2 Å². The van der Waals surface area contributed by atoms with Crippen molar-refractivity contribution in [1.29, 1.82) is 0 Å². The standard InChI is InChI=1S/C16H22N2O4S/c1-2-12-22-16(19)17-13-8-10-15(11-9-13)23(20,21)18-14-6-4-3-5-7-14/h2,8-11,14,18H,1,3-7,12H2,(H,17,19). The van der Waals surface area contributed by atoms with E-state index in [1.165, 1.54) is 36.8 Å². The van der Waals surface area contributed by atoms with E-state index in [9.17, 15) is 13.2 Å². The van der Waals surface area contributed by atoms with E-state index in [2.05, 4.69) is 16.6 Å². The van der Waals surface area contributed by atoms with Gasteiger partial charge in [-0.1, -0.05) is 31.9 Å². The van der Waals surface area contributed by atoms with Crippen LogP contribution < -0.4 is 10.0 Å². The van der Waals surface area contributed by atoms with E-state index in [0.29, 0.717) is 5.69 Å². The molecule has 0 heterocycles. The first-order chi connectivity index (χ1) is 11.0. The first-order valence-electron chi connectivity index (χ1n) is 7.68. The van der Waals surface area contributed by atoms with E-state index in [-0.39, 0.29) is 17.5 Å². The summed E-state index contributed by atoms with van der Waals surface area (Å²) in [5.74, 6) is 0. The topological polar surface area (TPSA) is 84.5 Å². The normalized spacial score (nSPS) is 15.8. The van der Waals surface area contributed by atoms with E-state index < -0.39 is 16.1 Å². The third-order valence-electron chi connectivity index (χ3n) is 3.67. The number of hydrogen-bond acceptors (Lipinski definition) is 4. The molecule has 6 nitrogen and oxygen atoms in total. The van der Waals surface area contributed by atoms with Crippen LogP contribution >= 0.6 is 0 Å². The molecule has 0 aliphatic heterocycles. The van der Waals surface area contributed by atoms with Crippen molar-refractivity contribution in [2.45, 2.75) is 43.0 Å². The van der Waals surface area contributed by atoms with Crippen molar-refractivity contribution in [1.82, 2.24) is 4.72 Å². The van der Waals surface area contributed by atoms with Crippen LogP contribution in [0.2, 0.25) is 0 Å². The summed E-state index contributed by atoms with van der Waals surface area (Å²) in [5.41, 5.74) is 0.468. The average Bonchev–Trinajstić information content (AvgIpc) is 2.54. The van der Waals surface area contributed by atoms with Gasteiger partial charge in [0.05, 0.1) is 4.90 Å². The fourth-order valence-electron chi connectivity index (χ4n) is 2.51. The molecule has 1 saturated carbocycles. The molecule has 1 fully saturated rings. The summed E-state index contributed by atoms with van der Waals surface area (Å²) in [6, 6.07) is 6.01. The van der Waals surface area contributed by atoms with Crippen LogP contribution in [0.3, 0.4) is 0 Å². The number of carbonyl (C=O) groups excluding carboxylic acids is 1. The highest BCUT2D eigenvalue weighted by atomic mass is 32.2. The molecule has 1 aromatic rings. The lowest BCUT2D eigenvalue weighted by atomic mass is 9.96. The number of anilines is 1. The molecule has 1 amide bonds. The Kier molecular flexibility index (Phi) is 6.18. The van der Waals surface area contributed by atoms with Crippen molar-refractivity contribution in [2.24, 2.45) is 0 Å². The number of carbonyl (C=O) groups is 1. The second-order valence-corrected chi connectivity index (χ2v) is 7.21. The summed E-state index contributed by atoms with van der Waals surface area (Å²) in [5, 5.41) is 2.51. The molecule has 7 heteroatoms. The quantitative estimate of drug-likeness (QED) is 0.781. The highest BCUT2D eigenvalue weighted by Gasteiger charge is 2.21. The Bertz CT molecular complexity index is 635. The number of amides is 1. The molecule has 2 N–H and O–H groups in total. The molecule has 0 unspecified atom stereocenters. The number of sulfonamides is 1. The monoisotopic (exact) mass is 338 g/mol. The lowest BCUT2D eigenvalue weighted by molar-refractivity contribution is 0.174. The summed E-state index contributed by atoms with van der Waals surface area (Å²) >= 11 is 0. The molecule has 126 valence electrons. The predicted octanol–water partition coefficient (Wildman–Crippen LogP) is 3.03. The van der Waals surface area contributed by atoms with Gasteiger partial charge in [-0.3, -0.25) is 5.32 Å². The second kappa shape index (κ2) is 8.12. The van der Waals surface area contributed by atoms with Gasteiger partial charge in [-0.15, -0.1) is 0 Å². The summed E-state index contributed by atoms with van der Waals surface area (Å²) < 4.78 is 32.2. The molecule has 0 saturated heterocycles. The molecule has 23 heavy (non-hydrogen) atoms. The summed E-state index contributed by atoms with van der Waals surface area (Å²) in [6.07, 6.45) is 5.90. The van der Waals surface area contributed by atoms with Crippen LogP contribution in [-0.2, 0) is 14.8 Å². The molecule has 2 rings (SSSR count). The fraction of sp³-hybridized carbons (Fsp3) is 0.438. The highest BCUT2D eigenvalue weighted by Crippen LogP contribution is 2.20. The Morgan fingerprint density at radius 1 is 1.22 bits per heavy atom. The zero-order valence-electron chi connectivity index (χ0n) is 13.0. The average molecular weight is 338 g/mol. The molecule has 1 aliphatic carbocycles. The molecule has 0 spiro atoms. The van der Waals surface area contributed by atoms with Gasteiger partial charge >= 0.3 is 6.09 Å². The van der Waals surface area contributed by atoms with Crippen molar-refractivity contribution < 1.29 is 17.9 Å². The first-order valence-corrected chi connectivity index (χ1v) is 9.16. The van der Waals surface area contributed by atoms with E-state index in [1.807, 2.05) is 0 Å². The Balaban J connectivity index is 1.97. The largest absolute Gasteiger partial charge is 0.445 e. The predicted molar refractivity (Wildman–Crippen MR) is 88.8 cm³/mol. The summed E-state index contributed by atoms with van der Waals surface area (Å²) in [7, 11) is -3.53. The maximum absolute atomic E-state index is 12.3. The minimum atomic E-state index is -3.53. The number of benzene rings is 1. The molecular formula is C16H22N2O4S. The van der Waals surface area contributed by atoms with Gasteiger partial charge in [0.2, 0.25) is 10.0 Å². The van der Waals surface area contributed by atoms with Crippen LogP contribution in [0, 0.1) is 0 Å². The number of ether oxygens (including phenoxy) is 1. The van der Waals surface area contributed by atoms with Gasteiger partial charge in [0, 0.05) is 11.7 Å². The third-order valence-corrected chi connectivity index (χ3v) is 5.21. The zero-order chi connectivity index (χ0) is 16.7. The van der Waals surface area contributed by atoms with Gasteiger partial charge in [-0.05, 0) is 37.1 Å². The number of hydrogen-bond donors (Lipinski definition) is 2. The van der Waals surface area contributed by atoms with Gasteiger partial charge < -0.3 is 4.74 Å². The van der Waals surface area contributed by atoms with Crippen LogP contribution in [0.25, 0.3) is 0 Å². The van der Waals surface area contributed by atoms with E-state index in [0.717, 1.165) is 25.7 Å². The lowest BCUT2D eigenvalue weighted by Gasteiger charge is -2.22. The van der Waals surface area contributed by atoms with E-state index in [1.54, 1.807) is 0 Å². The number of rotatable bonds is 6. The van der Waals surface area contributed by atoms with Gasteiger partial charge in [0.15, 0.2) is 0 Å². The van der Waals surface area contributed by atoms with Gasteiger partial charge in [-0.2, -0.15) is 0 Å². The Labute approximate surface area is 137 Å². The fourth-order valence-corrected chi connectivity index (χ4v) is 3.82. The summed E-state index contributed by atoms with van der Waals surface area (Å²) in [6.45, 7) is 3.56. The van der Waals surface area contributed by atoms with Gasteiger partial charge in [-0.25, -0.2) is 17.9 Å². The maximum atomic E-state index is 12.3. The molecule has 0 atom stereocenters. The zero-order valence-corrected chi connectivity index (χ0v) is 13.8. The number of nitrogens with one attached hydrogen (secondary N) is 2. The molecule has 0 aromatic heterocycles. The van der Waals surface area contributed by atoms with Crippen molar-refractivity contribution in [3.05, 3.63) is 36.9 Å². The van der Waals surface area contributed by atoms with Crippen molar-refractivity contribution in [3.8, 4) is 0 Å². The lowest BCUT2D eigenvalue weighted by Crippen LogP contribution is -2.36. The maximum Gasteiger partial charge on any atom is 0.411 e. The van der Waals surface area contributed by atoms with Crippen LogP contribution in [0.1, 0.15) is 32.1 Å². The van der Waals surface area contributed by atoms with E-state index in [4.69, 9.17) is 4.74 Å². The SMILES string of the molecule is C=CCOC(=O)Nc1ccc(S(=O)(=O)NC2CCCCC2)cc1. The highest BCUT2D eigenvalue weighted by molar-refractivity contribution is 7.89. The third kappa shape index (κ3) is 5.37. The van der Waals surface area contributed by atoms with Crippen LogP contribution in [0.4, 0.5) is 10.5 Å². The smallest absolute Gasteiger partial charge is 0.411 e. The van der Waals surface area contributed by atoms with Crippen molar-refractivity contribution in [3.63, 3.8) is 0 Å². The minimum absolute atomic E-state index is 0.0143. The Morgan fingerprint density at radius 2 is 1.87 bits per heavy atom.